The number of hydrogen-bond acceptors (Lipinski definition) is 10. The van der Waals surface area contributed by atoms with E-state index in [4.69, 9.17) is 0 Å². The molecule has 0 aliphatic carbocycles. The number of carbonyl (C=O) groups is 3. The zero-order chi connectivity index (χ0) is 26.5. The number of aliphatic carboxylic acids is 1. The van der Waals surface area contributed by atoms with Gasteiger partial charge < -0.3 is 21.9 Å². The van der Waals surface area contributed by atoms with Gasteiger partial charge in [-0.05, 0) is 25.1 Å². The molecule has 3 heterocycles. The quantitative estimate of drug-likeness (QED) is 0.140. The first-order chi connectivity index (χ1) is 17.8. The van der Waals surface area contributed by atoms with E-state index in [1.165, 1.54) is 12.4 Å². The average Bonchev–Trinajstić information content (AvgIpc) is 3.32. The van der Waals surface area contributed by atoms with Gasteiger partial charge >= 0.3 is 36.8 Å². The molecule has 0 saturated carbocycles. The van der Waals surface area contributed by atoms with E-state index < -0.39 is 29.8 Å². The van der Waals surface area contributed by atoms with Crippen LogP contribution in [0.3, 0.4) is 0 Å². The molecule has 2 amide bonds. The molecule has 0 bridgehead atoms. The topological polar surface area (TPSA) is 168 Å². The molecular weight excluding hydrogens is 512 g/mol. The first kappa shape index (κ1) is 28.4. The van der Waals surface area contributed by atoms with Crippen LogP contribution < -0.4 is 34.8 Å². The molecule has 12 nitrogen and oxygen atoms in total. The van der Waals surface area contributed by atoms with Crippen molar-refractivity contribution in [2.45, 2.75) is 13.0 Å². The number of pyridine rings is 1. The molecule has 0 spiro atoms. The number of halogens is 1. The number of carboxylic acids is 1. The van der Waals surface area contributed by atoms with Crippen LogP contribution in [0.4, 0.5) is 20.3 Å². The molecule has 192 valence electrons. The van der Waals surface area contributed by atoms with Crippen LogP contribution in [0.5, 0.6) is 0 Å². The Morgan fingerprint density at radius 1 is 1.18 bits per heavy atom. The number of methoxy groups -OCH3 is 1. The standard InChI is InChI=1S/C23H20FN7O5S.Li.H/c1-3-25-22(35)31-23-30-16-15(24)12(8-13(18(16)37-23)14-6-4-5-7-26-14)11-9-27-21(28-10-11)29-17(19(32)33)20(34)36-2;;/h4-10,17H,3H2,1-2H3,(H,32,33)(H,27,28,29)(H2,25,30,31,35);;/q;+1;-1. The number of carbonyl (C=O) groups excluding carboxylic acids is 2. The van der Waals surface area contributed by atoms with Crippen LogP contribution in [-0.2, 0) is 14.3 Å². The second kappa shape index (κ2) is 12.4. The van der Waals surface area contributed by atoms with Gasteiger partial charge in [0.15, 0.2) is 10.9 Å². The molecule has 0 fully saturated rings. The zero-order valence-electron chi connectivity index (χ0n) is 21.5. The van der Waals surface area contributed by atoms with Crippen molar-refractivity contribution < 1.29 is 48.9 Å². The van der Waals surface area contributed by atoms with Crippen LogP contribution in [0.1, 0.15) is 8.35 Å². The van der Waals surface area contributed by atoms with Gasteiger partial charge in [0.1, 0.15) is 5.52 Å². The zero-order valence-corrected chi connectivity index (χ0v) is 21.3. The fourth-order valence-corrected chi connectivity index (χ4v) is 4.32. The number of anilines is 2. The fraction of sp³-hybridized carbons (Fsp3) is 0.174. The first-order valence-electron chi connectivity index (χ1n) is 10.8. The molecule has 0 radical (unpaired) electrons. The van der Waals surface area contributed by atoms with Crippen LogP contribution in [0, 0.1) is 5.82 Å². The van der Waals surface area contributed by atoms with Crippen molar-refractivity contribution >= 4 is 50.6 Å². The van der Waals surface area contributed by atoms with Gasteiger partial charge in [0.2, 0.25) is 12.0 Å². The van der Waals surface area contributed by atoms with Gasteiger partial charge in [-0.2, -0.15) is 0 Å². The smallest absolute Gasteiger partial charge is 1.00 e. The van der Waals surface area contributed by atoms with Gasteiger partial charge in [0, 0.05) is 41.8 Å². The number of benzene rings is 1. The molecular formula is C23H21FLiN7O5S. The van der Waals surface area contributed by atoms with Crippen molar-refractivity contribution in [3.63, 3.8) is 0 Å². The van der Waals surface area contributed by atoms with E-state index in [1.54, 1.807) is 37.4 Å². The Labute approximate surface area is 232 Å². The summed E-state index contributed by atoms with van der Waals surface area (Å²) < 4.78 is 20.6. The number of nitrogens with one attached hydrogen (secondary N) is 3. The van der Waals surface area contributed by atoms with E-state index in [0.29, 0.717) is 22.5 Å². The minimum Gasteiger partial charge on any atom is -1.00 e. The van der Waals surface area contributed by atoms with Gasteiger partial charge in [-0.25, -0.2) is 33.7 Å². The minimum atomic E-state index is -1.72. The number of fused-ring (bicyclic) bond motifs is 1. The Morgan fingerprint density at radius 2 is 1.92 bits per heavy atom. The molecule has 4 rings (SSSR count). The molecule has 0 aliphatic heterocycles. The second-order valence-corrected chi connectivity index (χ2v) is 8.42. The predicted octanol–water partition coefficient (Wildman–Crippen LogP) is 0.250. The van der Waals surface area contributed by atoms with Crippen molar-refractivity contribution in [2.75, 3.05) is 24.3 Å². The number of nitrogens with zero attached hydrogens (tertiary/aromatic N) is 4. The van der Waals surface area contributed by atoms with Gasteiger partial charge in [-0.3, -0.25) is 10.3 Å². The molecule has 3 aromatic heterocycles. The number of ether oxygens (including phenoxy) is 1. The molecule has 38 heavy (non-hydrogen) atoms. The van der Waals surface area contributed by atoms with Gasteiger partial charge in [-0.15, -0.1) is 0 Å². The fourth-order valence-electron chi connectivity index (χ4n) is 3.34. The first-order valence-corrected chi connectivity index (χ1v) is 11.6. The van der Waals surface area contributed by atoms with Crippen molar-refractivity contribution in [3.05, 3.63) is 48.7 Å². The van der Waals surface area contributed by atoms with Gasteiger partial charge in [0.25, 0.3) is 0 Å². The maximum absolute atomic E-state index is 15.7. The third-order valence-electron chi connectivity index (χ3n) is 5.02. The Kier molecular flexibility index (Phi) is 9.29. The Balaban J connectivity index is 0.00000267. The second-order valence-electron chi connectivity index (χ2n) is 7.42. The molecule has 1 aromatic carbocycles. The molecule has 15 heteroatoms. The summed E-state index contributed by atoms with van der Waals surface area (Å²) in [4.78, 5) is 51.7. The predicted molar refractivity (Wildman–Crippen MR) is 135 cm³/mol. The number of thiazole rings is 1. The molecule has 4 aromatic rings. The van der Waals surface area contributed by atoms with E-state index >= 15 is 4.39 Å². The maximum atomic E-state index is 15.7. The summed E-state index contributed by atoms with van der Waals surface area (Å²) in [5, 5.41) is 17.0. The van der Waals surface area contributed by atoms with Crippen LogP contribution in [-0.4, -0.2) is 62.7 Å². The van der Waals surface area contributed by atoms with Gasteiger partial charge in [0.05, 0.1) is 17.5 Å². The SMILES string of the molecule is CCNC(=O)Nc1nc2c(F)c(-c3cnc(NC(C(=O)O)C(=O)OC)nc3)cc(-c3ccccn3)c2s1.[H-].[Li+]. The summed E-state index contributed by atoms with van der Waals surface area (Å²) in [6.07, 6.45) is 4.15. The van der Waals surface area contributed by atoms with Crippen molar-refractivity contribution in [1.82, 2.24) is 25.3 Å². The van der Waals surface area contributed by atoms with Crippen LogP contribution >= 0.6 is 11.3 Å². The summed E-state index contributed by atoms with van der Waals surface area (Å²) in [6, 6.07) is 4.69. The molecule has 0 saturated heterocycles. The largest absolute Gasteiger partial charge is 1.00 e. The normalized spacial score (nSPS) is 11.2. The molecule has 1 atom stereocenters. The van der Waals surface area contributed by atoms with E-state index in [-0.39, 0.29) is 48.0 Å². The van der Waals surface area contributed by atoms with E-state index in [9.17, 15) is 19.5 Å². The number of urea groups is 1. The van der Waals surface area contributed by atoms with E-state index in [2.05, 4.69) is 40.6 Å². The number of carboxylic acid groups (broad SMARTS) is 1. The minimum absolute atomic E-state index is 0. The Morgan fingerprint density at radius 3 is 2.53 bits per heavy atom. The van der Waals surface area contributed by atoms with E-state index in [1.807, 2.05) is 0 Å². The van der Waals surface area contributed by atoms with Crippen LogP contribution in [0.15, 0.2) is 42.9 Å². The molecule has 1 unspecified atom stereocenters. The third kappa shape index (κ3) is 6.05. The summed E-state index contributed by atoms with van der Waals surface area (Å²) in [5.41, 5.74) is 1.53. The maximum Gasteiger partial charge on any atom is 1.00 e. The summed E-state index contributed by atoms with van der Waals surface area (Å²) >= 11 is 1.10. The number of rotatable bonds is 8. The number of hydrogen-bond donors (Lipinski definition) is 4. The van der Waals surface area contributed by atoms with Crippen molar-refractivity contribution in [3.8, 4) is 22.4 Å². The number of aromatic nitrogens is 4. The number of esters is 1. The van der Waals surface area contributed by atoms with Crippen LogP contribution in [0.25, 0.3) is 32.6 Å². The van der Waals surface area contributed by atoms with Crippen molar-refractivity contribution in [2.24, 2.45) is 0 Å². The Hall–Kier alpha value is -4.12. The summed E-state index contributed by atoms with van der Waals surface area (Å²) in [5.74, 6) is -3.35. The monoisotopic (exact) mass is 533 g/mol. The van der Waals surface area contributed by atoms with Crippen molar-refractivity contribution in [1.29, 1.82) is 0 Å². The van der Waals surface area contributed by atoms with Gasteiger partial charge in [-0.1, -0.05) is 17.4 Å². The van der Waals surface area contributed by atoms with E-state index in [0.717, 1.165) is 18.4 Å². The molecule has 0 aliphatic rings. The summed E-state index contributed by atoms with van der Waals surface area (Å²) in [6.45, 7) is 2.18. The summed E-state index contributed by atoms with van der Waals surface area (Å²) in [7, 11) is 1.05. The van der Waals surface area contributed by atoms with Crippen LogP contribution in [0.2, 0.25) is 0 Å². The molecule has 4 N–H and O–H groups in total. The average molecular weight is 533 g/mol. The third-order valence-corrected chi connectivity index (χ3v) is 6.03. The number of amides is 2. The Bertz CT molecular complexity index is 1480.